The number of rotatable bonds is 39. The molecule has 18 heteroatoms. The van der Waals surface area contributed by atoms with Gasteiger partial charge in [0.15, 0.2) is 11.6 Å². The van der Waals surface area contributed by atoms with Crippen molar-refractivity contribution in [2.24, 2.45) is 0 Å². The van der Waals surface area contributed by atoms with Crippen molar-refractivity contribution in [3.8, 4) is 0 Å². The molecule has 0 heterocycles. The van der Waals surface area contributed by atoms with Crippen LogP contribution in [0.2, 0.25) is 0 Å². The van der Waals surface area contributed by atoms with Gasteiger partial charge in [0.1, 0.15) is 13.4 Å². The first-order valence-corrected chi connectivity index (χ1v) is 20.4. The maximum atomic E-state index is 13.2. The molecule has 0 aliphatic heterocycles. The third-order valence-corrected chi connectivity index (χ3v) is 9.70. The van der Waals surface area contributed by atoms with E-state index < -0.39 is 37.2 Å². The third-order valence-electron chi connectivity index (χ3n) is 7.89. The Bertz CT molecular complexity index is 1080. The monoisotopic (exact) mass is 797 g/mol. The van der Waals surface area contributed by atoms with Gasteiger partial charge in [0.25, 0.3) is 0 Å². The van der Waals surface area contributed by atoms with Crippen molar-refractivity contribution in [3.63, 3.8) is 0 Å². The molecule has 2 amide bonds. The summed E-state index contributed by atoms with van der Waals surface area (Å²) in [6, 6.07) is -1.91. The van der Waals surface area contributed by atoms with E-state index in [1.54, 1.807) is 21.3 Å². The number of carbonyl (C=O) groups excluding carboxylic acids is 5. The van der Waals surface area contributed by atoms with Gasteiger partial charge in [-0.3, -0.25) is 24.0 Å². The predicted molar refractivity (Wildman–Crippen MR) is 197 cm³/mol. The van der Waals surface area contributed by atoms with E-state index in [1.165, 1.54) is 13.8 Å². The fourth-order valence-corrected chi connectivity index (χ4v) is 5.28. The standard InChI is InChI=1S/C36H67N2O15P/c1-29(2)54(44,45)53-28-27-52-20-16-36(43)38-32(34(41)11-8-19-51-26-23-48-5)14-15-35(42)37-31(33(40)10-7-18-50-25-22-47-4)13-12-30(39)9-6-17-49-24-21-46-3/h29,31-32H,6-28H2,1-5H3,(H,37,42)(H,38,43)(H,44,45)/p-1. The first-order valence-electron chi connectivity index (χ1n) is 18.8. The molecule has 0 aromatic heterocycles. The zero-order valence-electron chi connectivity index (χ0n) is 33.1. The molecule has 0 bridgehead atoms. The van der Waals surface area contributed by atoms with Crippen LogP contribution < -0.4 is 15.5 Å². The Morgan fingerprint density at radius 2 is 0.926 bits per heavy atom. The molecule has 0 aliphatic carbocycles. The van der Waals surface area contributed by atoms with Crippen molar-refractivity contribution in [2.45, 2.75) is 102 Å². The molecule has 0 fully saturated rings. The van der Waals surface area contributed by atoms with Gasteiger partial charge in [-0.2, -0.15) is 0 Å². The van der Waals surface area contributed by atoms with Gasteiger partial charge in [-0.25, -0.2) is 0 Å². The van der Waals surface area contributed by atoms with E-state index in [-0.39, 0.29) is 88.5 Å². The highest BCUT2D eigenvalue weighted by Crippen LogP contribution is 2.41. The van der Waals surface area contributed by atoms with Gasteiger partial charge in [-0.1, -0.05) is 13.8 Å². The molecule has 0 radical (unpaired) electrons. The normalized spacial score (nSPS) is 13.7. The van der Waals surface area contributed by atoms with Gasteiger partial charge in [0.05, 0.1) is 71.5 Å². The maximum Gasteiger partial charge on any atom is 0.222 e. The van der Waals surface area contributed by atoms with Gasteiger partial charge < -0.3 is 57.8 Å². The van der Waals surface area contributed by atoms with Crippen LogP contribution in [0.5, 0.6) is 0 Å². The molecular weight excluding hydrogens is 731 g/mol. The molecule has 0 aromatic rings. The van der Waals surface area contributed by atoms with Crippen LogP contribution in [0, 0.1) is 0 Å². The minimum Gasteiger partial charge on any atom is -0.778 e. The van der Waals surface area contributed by atoms with E-state index in [9.17, 15) is 33.4 Å². The summed E-state index contributed by atoms with van der Waals surface area (Å²) in [6.45, 7) is 6.26. The van der Waals surface area contributed by atoms with Crippen LogP contribution in [0.25, 0.3) is 0 Å². The van der Waals surface area contributed by atoms with E-state index >= 15 is 0 Å². The molecule has 0 saturated carbocycles. The van der Waals surface area contributed by atoms with Crippen molar-refractivity contribution in [2.75, 3.05) is 101 Å². The molecule has 0 aromatic carbocycles. The zero-order valence-corrected chi connectivity index (χ0v) is 34.0. The second kappa shape index (κ2) is 34.1. The first-order chi connectivity index (χ1) is 25.9. The summed E-state index contributed by atoms with van der Waals surface area (Å²) in [5, 5.41) is 5.42. The lowest BCUT2D eigenvalue weighted by Crippen LogP contribution is -2.44. The summed E-state index contributed by atoms with van der Waals surface area (Å²) in [5.74, 6) is -1.59. The Balaban J connectivity index is 5.28. The number of nitrogens with one attached hydrogen (secondary N) is 2. The van der Waals surface area contributed by atoms with Crippen LogP contribution in [0.4, 0.5) is 0 Å². The summed E-state index contributed by atoms with van der Waals surface area (Å²) < 4.78 is 53.1. The summed E-state index contributed by atoms with van der Waals surface area (Å²) in [5.41, 5.74) is -0.670. The van der Waals surface area contributed by atoms with Crippen molar-refractivity contribution in [1.82, 2.24) is 10.6 Å². The Labute approximate surface area is 321 Å². The molecule has 316 valence electrons. The number of amides is 2. The fourth-order valence-electron chi connectivity index (χ4n) is 4.66. The average Bonchev–Trinajstić information content (AvgIpc) is 3.13. The average molecular weight is 798 g/mol. The molecule has 0 rings (SSSR count). The lowest BCUT2D eigenvalue weighted by Gasteiger charge is -2.26. The first kappa shape index (κ1) is 51.8. The molecular formula is C36H66N2O15P-. The predicted octanol–water partition coefficient (Wildman–Crippen LogP) is 1.94. The van der Waals surface area contributed by atoms with Crippen molar-refractivity contribution in [3.05, 3.63) is 0 Å². The minimum absolute atomic E-state index is 0.0279. The molecule has 0 saturated heterocycles. The Kier molecular flexibility index (Phi) is 32.7. The van der Waals surface area contributed by atoms with Crippen molar-refractivity contribution >= 4 is 36.8 Å². The zero-order chi connectivity index (χ0) is 40.5. The van der Waals surface area contributed by atoms with Crippen LogP contribution in [0.3, 0.4) is 0 Å². The second-order valence-corrected chi connectivity index (χ2v) is 15.1. The fraction of sp³-hybridized carbons (Fsp3) is 0.861. The molecule has 3 unspecified atom stereocenters. The summed E-state index contributed by atoms with van der Waals surface area (Å²) in [4.78, 5) is 76.6. The molecule has 54 heavy (non-hydrogen) atoms. The summed E-state index contributed by atoms with van der Waals surface area (Å²) >= 11 is 0. The second-order valence-electron chi connectivity index (χ2n) is 12.7. The summed E-state index contributed by atoms with van der Waals surface area (Å²) in [6.07, 6.45) is 1.73. The molecule has 0 aliphatic rings. The maximum absolute atomic E-state index is 13.2. The molecule has 17 nitrogen and oxygen atoms in total. The van der Waals surface area contributed by atoms with Crippen LogP contribution in [-0.2, 0) is 66.2 Å². The third kappa shape index (κ3) is 29.2. The van der Waals surface area contributed by atoms with Crippen LogP contribution in [-0.4, -0.2) is 148 Å². The van der Waals surface area contributed by atoms with E-state index in [0.29, 0.717) is 78.7 Å². The van der Waals surface area contributed by atoms with Crippen LogP contribution in [0.15, 0.2) is 0 Å². The van der Waals surface area contributed by atoms with E-state index in [1.807, 2.05) is 0 Å². The summed E-state index contributed by atoms with van der Waals surface area (Å²) in [7, 11) is 0.702. The van der Waals surface area contributed by atoms with E-state index in [2.05, 4.69) is 10.6 Å². The largest absolute Gasteiger partial charge is 0.778 e. The Morgan fingerprint density at radius 3 is 1.39 bits per heavy atom. The lowest BCUT2D eigenvalue weighted by atomic mass is 9.99. The van der Waals surface area contributed by atoms with Gasteiger partial charge >= 0.3 is 0 Å². The quantitative estimate of drug-likeness (QED) is 0.0670. The lowest BCUT2D eigenvalue weighted by molar-refractivity contribution is -0.201. The highest BCUT2D eigenvalue weighted by molar-refractivity contribution is 7.52. The SMILES string of the molecule is COCCOCCCC(=O)CCC(NC(=O)CCC(NC(=O)CCOCCOP(=O)([O-])C(C)C)C(=O)CCCOCCOC)C(=O)CCCOCCOC. The molecule has 3 atom stereocenters. The highest BCUT2D eigenvalue weighted by Gasteiger charge is 2.25. The number of Topliss-reactive ketones (excluding diaryl/α,β-unsaturated/α-hetero) is 3. The van der Waals surface area contributed by atoms with Crippen molar-refractivity contribution < 1.29 is 71.1 Å². The number of ketones is 3. The highest BCUT2D eigenvalue weighted by atomic mass is 31.2. The number of ether oxygens (including phenoxy) is 7. The van der Waals surface area contributed by atoms with Gasteiger partial charge in [0.2, 0.25) is 11.8 Å². The van der Waals surface area contributed by atoms with Crippen molar-refractivity contribution in [1.29, 1.82) is 0 Å². The smallest absolute Gasteiger partial charge is 0.222 e. The van der Waals surface area contributed by atoms with Crippen LogP contribution in [0.1, 0.15) is 84.5 Å². The van der Waals surface area contributed by atoms with Gasteiger partial charge in [-0.05, 0) is 32.1 Å². The van der Waals surface area contributed by atoms with E-state index in [4.69, 9.17) is 37.7 Å². The minimum atomic E-state index is -3.98. The van der Waals surface area contributed by atoms with Gasteiger partial charge in [-0.15, -0.1) is 0 Å². The Hall–Kier alpha value is -2.18. The molecule has 0 spiro atoms. The molecule has 2 N–H and O–H groups in total. The number of carbonyl (C=O) groups is 5. The van der Waals surface area contributed by atoms with Gasteiger partial charge in [0, 0.05) is 85.3 Å². The van der Waals surface area contributed by atoms with E-state index in [0.717, 1.165) is 0 Å². The topological polar surface area (TPSA) is 223 Å². The number of hydrogen-bond acceptors (Lipinski definition) is 15. The Morgan fingerprint density at radius 1 is 0.519 bits per heavy atom. The number of methoxy groups -OCH3 is 3. The number of hydrogen-bond donors (Lipinski definition) is 2. The van der Waals surface area contributed by atoms with Crippen LogP contribution >= 0.6 is 7.60 Å².